The third-order valence-corrected chi connectivity index (χ3v) is 7.39. The summed E-state index contributed by atoms with van der Waals surface area (Å²) in [5.41, 5.74) is 3.38. The number of nitrogens with one attached hydrogen (secondary N) is 1. The normalized spacial score (nSPS) is 15.6. The summed E-state index contributed by atoms with van der Waals surface area (Å²) in [6, 6.07) is 13.2. The highest BCUT2D eigenvalue weighted by molar-refractivity contribution is 7.55. The van der Waals surface area contributed by atoms with Gasteiger partial charge >= 0.3 is 0 Å². The standard InChI is InChI=1S/C30H39N4O5P3/c1-17-10-20(12-22(11-17)39-29(3,4)5)24-14-26(32-34(24)30(40,41)42)31-27(35)23-16-33(28(36)18(23)2)15-19-8-9-21(37-6)13-25(19)38-7/h8-14,23H,2,15-16,40-42H2,1,3-7H3,(H,31,32,35)/t23-/m0/s1. The zero-order valence-electron chi connectivity index (χ0n) is 24.9. The molecule has 9 nitrogen and oxygen atoms in total. The Hall–Kier alpha value is -2.98. The van der Waals surface area contributed by atoms with E-state index in [1.165, 1.54) is 0 Å². The minimum absolute atomic E-state index is 0.193. The number of ether oxygens (including phenoxy) is 3. The van der Waals surface area contributed by atoms with Crippen molar-refractivity contribution in [3.8, 4) is 28.5 Å². The summed E-state index contributed by atoms with van der Waals surface area (Å²) >= 11 is 0. The van der Waals surface area contributed by atoms with E-state index in [9.17, 15) is 9.59 Å². The summed E-state index contributed by atoms with van der Waals surface area (Å²) in [6.45, 7) is 12.4. The Labute approximate surface area is 254 Å². The maximum absolute atomic E-state index is 13.5. The van der Waals surface area contributed by atoms with Gasteiger partial charge in [0.1, 0.15) is 27.6 Å². The second kappa shape index (κ2) is 12.3. The SMILES string of the molecule is C=C1C(=O)N(Cc2ccc(OC)cc2OC)C[C@@H]1C(=O)Nc1cc(-c2cc(C)cc(OC(C)(C)C)c2)n(C(P)(P)P)n1. The minimum Gasteiger partial charge on any atom is -0.497 e. The van der Waals surface area contributed by atoms with E-state index in [2.05, 4.69) is 39.6 Å². The number of aryl methyl sites for hydroxylation is 1. The third-order valence-electron chi connectivity index (χ3n) is 6.66. The number of amides is 2. The zero-order valence-corrected chi connectivity index (χ0v) is 28.3. The number of hydrogen-bond donors (Lipinski definition) is 1. The van der Waals surface area contributed by atoms with Gasteiger partial charge < -0.3 is 24.4 Å². The Kier molecular flexibility index (Phi) is 9.37. The lowest BCUT2D eigenvalue weighted by Gasteiger charge is -2.24. The zero-order chi connectivity index (χ0) is 31.0. The van der Waals surface area contributed by atoms with Gasteiger partial charge in [0.15, 0.2) is 5.82 Å². The number of carbonyl (C=O) groups is 2. The van der Waals surface area contributed by atoms with Crippen molar-refractivity contribution in [2.75, 3.05) is 26.1 Å². The maximum atomic E-state index is 13.5. The van der Waals surface area contributed by atoms with Crippen LogP contribution in [0.2, 0.25) is 0 Å². The molecular weight excluding hydrogens is 589 g/mol. The molecule has 2 heterocycles. The molecule has 12 heteroatoms. The maximum Gasteiger partial charge on any atom is 0.250 e. The van der Waals surface area contributed by atoms with Gasteiger partial charge in [-0.3, -0.25) is 9.59 Å². The first kappa shape index (κ1) is 31.9. The minimum atomic E-state index is -0.728. The molecule has 42 heavy (non-hydrogen) atoms. The molecule has 4 rings (SSSR count). The summed E-state index contributed by atoms with van der Waals surface area (Å²) < 4.78 is 18.1. The van der Waals surface area contributed by atoms with Crippen molar-refractivity contribution < 1.29 is 23.8 Å². The van der Waals surface area contributed by atoms with Gasteiger partial charge in [0.05, 0.1) is 25.8 Å². The molecule has 0 bridgehead atoms. The van der Waals surface area contributed by atoms with E-state index in [4.69, 9.17) is 19.3 Å². The molecule has 1 saturated heterocycles. The molecule has 0 radical (unpaired) electrons. The molecule has 0 spiro atoms. The Bertz CT molecular complexity index is 1520. The lowest BCUT2D eigenvalue weighted by Crippen LogP contribution is -2.28. The van der Waals surface area contributed by atoms with E-state index in [1.807, 2.05) is 64.1 Å². The van der Waals surface area contributed by atoms with Crippen molar-refractivity contribution >= 4 is 45.4 Å². The first-order valence-electron chi connectivity index (χ1n) is 13.4. The summed E-state index contributed by atoms with van der Waals surface area (Å²) in [4.78, 5) is 28.1. The largest absolute Gasteiger partial charge is 0.497 e. The number of likely N-dealkylation sites (tertiary alicyclic amines) is 1. The van der Waals surface area contributed by atoms with Crippen molar-refractivity contribution in [3.05, 3.63) is 65.7 Å². The van der Waals surface area contributed by atoms with Gasteiger partial charge in [0, 0.05) is 41.9 Å². The van der Waals surface area contributed by atoms with Crippen LogP contribution in [0, 0.1) is 12.8 Å². The van der Waals surface area contributed by atoms with E-state index in [-0.39, 0.29) is 36.1 Å². The Balaban J connectivity index is 1.57. The van der Waals surface area contributed by atoms with Crippen molar-refractivity contribution in [2.24, 2.45) is 5.92 Å². The second-order valence-electron chi connectivity index (χ2n) is 11.4. The molecule has 2 aromatic carbocycles. The summed E-state index contributed by atoms with van der Waals surface area (Å²) in [6.07, 6.45) is 0. The number of carbonyl (C=O) groups excluding carboxylic acids is 2. The molecule has 0 aliphatic carbocycles. The van der Waals surface area contributed by atoms with Crippen LogP contribution in [0.5, 0.6) is 17.2 Å². The summed E-state index contributed by atoms with van der Waals surface area (Å²) in [7, 11) is 11.3. The van der Waals surface area contributed by atoms with E-state index in [0.717, 1.165) is 28.1 Å². The van der Waals surface area contributed by atoms with Crippen LogP contribution in [0.25, 0.3) is 11.3 Å². The van der Waals surface area contributed by atoms with Crippen LogP contribution < -0.4 is 19.5 Å². The van der Waals surface area contributed by atoms with E-state index >= 15 is 0 Å². The molecule has 1 N–H and O–H groups in total. The molecular formula is C30H39N4O5P3. The van der Waals surface area contributed by atoms with Crippen LogP contribution in [-0.2, 0) is 20.9 Å². The van der Waals surface area contributed by atoms with Crippen molar-refractivity contribution in [1.29, 1.82) is 0 Å². The van der Waals surface area contributed by atoms with Gasteiger partial charge in [-0.2, -0.15) is 5.10 Å². The Morgan fingerprint density at radius 3 is 2.40 bits per heavy atom. The molecule has 1 aliphatic rings. The fraction of sp³-hybridized carbons (Fsp3) is 0.367. The molecule has 0 saturated carbocycles. The van der Waals surface area contributed by atoms with Gasteiger partial charge in [-0.05, 0) is 63.6 Å². The van der Waals surface area contributed by atoms with Crippen molar-refractivity contribution in [1.82, 2.24) is 14.7 Å². The summed E-state index contributed by atoms with van der Waals surface area (Å²) in [5, 5.41) is 7.61. The number of nitrogens with zero attached hydrogens (tertiary/aromatic N) is 3. The molecule has 1 fully saturated rings. The Morgan fingerprint density at radius 2 is 1.79 bits per heavy atom. The molecule has 3 unspecified atom stereocenters. The fourth-order valence-corrected chi connectivity index (χ4v) is 5.39. The van der Waals surface area contributed by atoms with Crippen LogP contribution in [0.3, 0.4) is 0 Å². The number of aromatic nitrogens is 2. The Morgan fingerprint density at radius 1 is 1.07 bits per heavy atom. The van der Waals surface area contributed by atoms with Gasteiger partial charge in [-0.15, -0.1) is 0 Å². The molecule has 224 valence electrons. The van der Waals surface area contributed by atoms with Gasteiger partial charge in [0.25, 0.3) is 0 Å². The van der Waals surface area contributed by atoms with Crippen molar-refractivity contribution in [2.45, 2.75) is 44.6 Å². The highest BCUT2D eigenvalue weighted by atomic mass is 31.1. The predicted octanol–water partition coefficient (Wildman–Crippen LogP) is 5.40. The lowest BCUT2D eigenvalue weighted by molar-refractivity contribution is -0.125. The molecule has 1 aromatic heterocycles. The van der Waals surface area contributed by atoms with Crippen molar-refractivity contribution in [3.63, 3.8) is 0 Å². The number of benzene rings is 2. The van der Waals surface area contributed by atoms with Gasteiger partial charge in [-0.1, -0.05) is 34.3 Å². The average molecular weight is 629 g/mol. The van der Waals surface area contributed by atoms with E-state index in [1.54, 1.807) is 29.9 Å². The second-order valence-corrected chi connectivity index (χ2v) is 16.2. The third kappa shape index (κ3) is 7.32. The van der Waals surface area contributed by atoms with Crippen LogP contribution in [-0.4, -0.2) is 52.9 Å². The fourth-order valence-electron chi connectivity index (χ4n) is 4.80. The smallest absolute Gasteiger partial charge is 0.250 e. The number of hydrogen-bond acceptors (Lipinski definition) is 6. The van der Waals surface area contributed by atoms with Crippen LogP contribution >= 0.6 is 27.7 Å². The van der Waals surface area contributed by atoms with Crippen LogP contribution in [0.1, 0.15) is 31.9 Å². The number of methoxy groups -OCH3 is 2. The van der Waals surface area contributed by atoms with Crippen LogP contribution in [0.15, 0.2) is 54.6 Å². The van der Waals surface area contributed by atoms with Gasteiger partial charge in [-0.25, -0.2) is 4.68 Å². The van der Waals surface area contributed by atoms with E-state index in [0.29, 0.717) is 17.3 Å². The molecule has 1 aliphatic heterocycles. The lowest BCUT2D eigenvalue weighted by atomic mass is 10.0. The van der Waals surface area contributed by atoms with E-state index < -0.39 is 10.7 Å². The number of anilines is 1. The first-order chi connectivity index (χ1) is 19.6. The highest BCUT2D eigenvalue weighted by Gasteiger charge is 2.39. The highest BCUT2D eigenvalue weighted by Crippen LogP contribution is 2.44. The average Bonchev–Trinajstić information content (AvgIpc) is 3.44. The number of rotatable bonds is 9. The summed E-state index contributed by atoms with van der Waals surface area (Å²) in [5.74, 6) is 1.00. The molecule has 2 amide bonds. The quantitative estimate of drug-likeness (QED) is 0.252. The molecule has 3 aromatic rings. The monoisotopic (exact) mass is 628 g/mol. The first-order valence-corrected chi connectivity index (χ1v) is 15.1. The molecule has 4 atom stereocenters. The van der Waals surface area contributed by atoms with Crippen LogP contribution in [0.4, 0.5) is 5.82 Å². The predicted molar refractivity (Wildman–Crippen MR) is 176 cm³/mol. The van der Waals surface area contributed by atoms with Gasteiger partial charge in [0.2, 0.25) is 11.8 Å². The topological polar surface area (TPSA) is 94.9 Å².